The van der Waals surface area contributed by atoms with Crippen molar-refractivity contribution >= 4 is 27.3 Å². The molecular weight excluding hydrogens is 290 g/mol. The highest BCUT2D eigenvalue weighted by molar-refractivity contribution is 9.10. The summed E-state index contributed by atoms with van der Waals surface area (Å²) in [7, 11) is 0. The summed E-state index contributed by atoms with van der Waals surface area (Å²) >= 11 is 3.23. The molecule has 7 heteroatoms. The van der Waals surface area contributed by atoms with Crippen LogP contribution >= 0.6 is 15.9 Å². The van der Waals surface area contributed by atoms with Crippen molar-refractivity contribution in [1.29, 1.82) is 0 Å². The summed E-state index contributed by atoms with van der Waals surface area (Å²) in [6, 6.07) is 0. The number of nitrogens with one attached hydrogen (secondary N) is 1. The number of hydrogen-bond acceptors (Lipinski definition) is 5. The topological polar surface area (TPSA) is 88.3 Å². The van der Waals surface area contributed by atoms with E-state index in [1.54, 1.807) is 0 Å². The maximum absolute atomic E-state index is 10.8. The fourth-order valence-electron chi connectivity index (χ4n) is 1.58. The fraction of sp³-hybridized carbons (Fsp3) is 0.500. The average Bonchev–Trinajstić information content (AvgIpc) is 3.08. The maximum atomic E-state index is 10.8. The Morgan fingerprint density at radius 3 is 2.82 bits per heavy atom. The van der Waals surface area contributed by atoms with E-state index >= 15 is 0 Å². The lowest BCUT2D eigenvalue weighted by molar-refractivity contribution is -0.384. The van der Waals surface area contributed by atoms with Crippen molar-refractivity contribution in [2.45, 2.75) is 12.8 Å². The summed E-state index contributed by atoms with van der Waals surface area (Å²) in [5, 5.41) is 23.1. The molecule has 2 rings (SSSR count). The van der Waals surface area contributed by atoms with E-state index < -0.39 is 4.92 Å². The van der Waals surface area contributed by atoms with Crippen LogP contribution in [0.3, 0.4) is 0 Å². The van der Waals surface area contributed by atoms with Gasteiger partial charge in [0.15, 0.2) is 0 Å². The quantitative estimate of drug-likeness (QED) is 0.641. The highest BCUT2D eigenvalue weighted by atomic mass is 79.9. The van der Waals surface area contributed by atoms with Crippen LogP contribution in [0.4, 0.5) is 11.4 Å². The van der Waals surface area contributed by atoms with Crippen molar-refractivity contribution < 1.29 is 10.0 Å². The first-order chi connectivity index (χ1) is 8.08. The molecule has 1 fully saturated rings. The minimum Gasteiger partial charge on any atom is -0.396 e. The van der Waals surface area contributed by atoms with Gasteiger partial charge in [-0.3, -0.25) is 15.1 Å². The zero-order chi connectivity index (χ0) is 12.5. The van der Waals surface area contributed by atoms with E-state index in [-0.39, 0.29) is 17.7 Å². The minimum atomic E-state index is -0.474. The first-order valence-corrected chi connectivity index (χ1v) is 6.00. The minimum absolute atomic E-state index is 0.0619. The molecule has 1 aromatic heterocycles. The van der Waals surface area contributed by atoms with Gasteiger partial charge in [0, 0.05) is 18.2 Å². The molecular formula is C10H12BrN3O3. The molecule has 1 aromatic rings. The summed E-state index contributed by atoms with van der Waals surface area (Å²) < 4.78 is 0.556. The highest BCUT2D eigenvalue weighted by Gasteiger charge is 2.42. The van der Waals surface area contributed by atoms with E-state index in [0.29, 0.717) is 16.7 Å². The highest BCUT2D eigenvalue weighted by Crippen LogP contribution is 2.45. The summed E-state index contributed by atoms with van der Waals surface area (Å²) in [5.41, 5.74) is 0.258. The van der Waals surface area contributed by atoms with E-state index in [4.69, 9.17) is 0 Å². The molecule has 1 aliphatic carbocycles. The number of aliphatic hydroxyl groups excluding tert-OH is 1. The number of halogens is 1. The first kappa shape index (κ1) is 12.3. The van der Waals surface area contributed by atoms with Gasteiger partial charge in [0.1, 0.15) is 11.9 Å². The molecule has 92 valence electrons. The number of nitro groups is 1. The number of aliphatic hydroxyl groups is 1. The molecule has 0 unspecified atom stereocenters. The number of rotatable bonds is 5. The van der Waals surface area contributed by atoms with Gasteiger partial charge in [0.05, 0.1) is 16.0 Å². The third-order valence-corrected chi connectivity index (χ3v) is 3.61. The summed E-state index contributed by atoms with van der Waals surface area (Å²) in [6.07, 6.45) is 4.62. The molecule has 2 N–H and O–H groups in total. The zero-order valence-electron chi connectivity index (χ0n) is 9.02. The van der Waals surface area contributed by atoms with Crippen LogP contribution in [0.2, 0.25) is 0 Å². The van der Waals surface area contributed by atoms with Gasteiger partial charge in [-0.05, 0) is 28.8 Å². The Balaban J connectivity index is 2.17. The Morgan fingerprint density at radius 1 is 1.59 bits per heavy atom. The fourth-order valence-corrected chi connectivity index (χ4v) is 2.04. The number of anilines is 1. The molecule has 0 spiro atoms. The number of aromatic nitrogens is 1. The van der Waals surface area contributed by atoms with Gasteiger partial charge < -0.3 is 10.4 Å². The molecule has 1 heterocycles. The van der Waals surface area contributed by atoms with E-state index in [1.807, 2.05) is 0 Å². The average molecular weight is 302 g/mol. The van der Waals surface area contributed by atoms with Crippen LogP contribution in [0.1, 0.15) is 12.8 Å². The molecule has 0 bridgehead atoms. The molecule has 1 saturated carbocycles. The lowest BCUT2D eigenvalue weighted by Gasteiger charge is -2.14. The van der Waals surface area contributed by atoms with Crippen molar-refractivity contribution in [3.63, 3.8) is 0 Å². The molecule has 6 nitrogen and oxygen atoms in total. The predicted octanol–water partition coefficient (Wildman–Crippen LogP) is 1.94. The normalized spacial score (nSPS) is 16.6. The second kappa shape index (κ2) is 4.58. The monoisotopic (exact) mass is 301 g/mol. The van der Waals surface area contributed by atoms with Crippen LogP contribution in [-0.2, 0) is 0 Å². The van der Waals surface area contributed by atoms with Crippen molar-refractivity contribution in [2.75, 3.05) is 18.5 Å². The van der Waals surface area contributed by atoms with Crippen LogP contribution in [0, 0.1) is 15.5 Å². The Kier molecular flexibility index (Phi) is 3.30. The Hall–Kier alpha value is -1.21. The third kappa shape index (κ3) is 2.55. The van der Waals surface area contributed by atoms with E-state index in [0.717, 1.165) is 12.8 Å². The first-order valence-electron chi connectivity index (χ1n) is 5.21. The van der Waals surface area contributed by atoms with Crippen LogP contribution in [-0.4, -0.2) is 28.2 Å². The van der Waals surface area contributed by atoms with Gasteiger partial charge in [-0.25, -0.2) is 0 Å². The summed E-state index contributed by atoms with van der Waals surface area (Å²) in [5.74, 6) is 0. The largest absolute Gasteiger partial charge is 0.396 e. The number of pyridine rings is 1. The summed E-state index contributed by atoms with van der Waals surface area (Å²) in [4.78, 5) is 14.1. The van der Waals surface area contributed by atoms with Crippen molar-refractivity contribution in [3.8, 4) is 0 Å². The third-order valence-electron chi connectivity index (χ3n) is 3.01. The van der Waals surface area contributed by atoms with E-state index in [9.17, 15) is 15.2 Å². The SMILES string of the molecule is O=[N+]([O-])c1cncc(Br)c1NCC1(CO)CC1. The Morgan fingerprint density at radius 2 is 2.29 bits per heavy atom. The van der Waals surface area contributed by atoms with Gasteiger partial charge in [-0.2, -0.15) is 0 Å². The van der Waals surface area contributed by atoms with Gasteiger partial charge in [-0.1, -0.05) is 0 Å². The van der Waals surface area contributed by atoms with Crippen molar-refractivity contribution in [2.24, 2.45) is 5.41 Å². The van der Waals surface area contributed by atoms with Crippen LogP contribution in [0.15, 0.2) is 16.9 Å². The van der Waals surface area contributed by atoms with Crippen LogP contribution in [0.5, 0.6) is 0 Å². The van der Waals surface area contributed by atoms with Crippen molar-refractivity contribution in [3.05, 3.63) is 27.0 Å². The van der Waals surface area contributed by atoms with Crippen LogP contribution < -0.4 is 5.32 Å². The number of hydrogen-bond donors (Lipinski definition) is 2. The molecule has 0 aliphatic heterocycles. The smallest absolute Gasteiger partial charge is 0.311 e. The van der Waals surface area contributed by atoms with E-state index in [2.05, 4.69) is 26.2 Å². The maximum Gasteiger partial charge on any atom is 0.311 e. The molecule has 1 aliphatic rings. The summed E-state index contributed by atoms with van der Waals surface area (Å²) in [6.45, 7) is 0.642. The molecule has 0 aromatic carbocycles. The molecule has 0 atom stereocenters. The molecule has 0 saturated heterocycles. The predicted molar refractivity (Wildman–Crippen MR) is 65.8 cm³/mol. The van der Waals surface area contributed by atoms with E-state index in [1.165, 1.54) is 12.4 Å². The molecule has 17 heavy (non-hydrogen) atoms. The number of nitrogens with zero attached hydrogens (tertiary/aromatic N) is 2. The van der Waals surface area contributed by atoms with Gasteiger partial charge in [0.2, 0.25) is 0 Å². The standard InChI is InChI=1S/C10H12BrN3O3/c11-7-3-12-4-8(14(16)17)9(7)13-5-10(6-15)1-2-10/h3-4,15H,1-2,5-6H2,(H,12,13). The lowest BCUT2D eigenvalue weighted by Crippen LogP contribution is -2.19. The van der Waals surface area contributed by atoms with Crippen molar-refractivity contribution in [1.82, 2.24) is 4.98 Å². The second-order valence-electron chi connectivity index (χ2n) is 4.28. The van der Waals surface area contributed by atoms with Crippen LogP contribution in [0.25, 0.3) is 0 Å². The van der Waals surface area contributed by atoms with Gasteiger partial charge in [0.25, 0.3) is 0 Å². The molecule has 0 radical (unpaired) electrons. The Labute approximate surface area is 106 Å². The second-order valence-corrected chi connectivity index (χ2v) is 5.14. The zero-order valence-corrected chi connectivity index (χ0v) is 10.6. The van der Waals surface area contributed by atoms with Gasteiger partial charge >= 0.3 is 5.69 Å². The van der Waals surface area contributed by atoms with Gasteiger partial charge in [-0.15, -0.1) is 0 Å². The molecule has 0 amide bonds. The Bertz CT molecular complexity index is 448. The lowest BCUT2D eigenvalue weighted by atomic mass is 10.1.